The lowest BCUT2D eigenvalue weighted by atomic mass is 10.3. The Hall–Kier alpha value is -1.89. The number of hydrogen-bond acceptors (Lipinski definition) is 4. The lowest BCUT2D eigenvalue weighted by Gasteiger charge is -2.12. The van der Waals surface area contributed by atoms with Crippen LogP contribution in [0.3, 0.4) is 0 Å². The van der Waals surface area contributed by atoms with Gasteiger partial charge in [-0.25, -0.2) is 0 Å². The number of rotatable bonds is 5. The van der Waals surface area contributed by atoms with E-state index in [0.29, 0.717) is 19.4 Å². The quantitative estimate of drug-likeness (QED) is 0.524. The van der Waals surface area contributed by atoms with Gasteiger partial charge in [0.05, 0.1) is 0 Å². The molecular formula is C8H12N4O3. The van der Waals surface area contributed by atoms with Crippen LogP contribution in [0.5, 0.6) is 0 Å². The summed E-state index contributed by atoms with van der Waals surface area (Å²) in [5.41, 5.74) is 4.90. The van der Waals surface area contributed by atoms with Gasteiger partial charge in [0.1, 0.15) is 5.69 Å². The van der Waals surface area contributed by atoms with Crippen molar-refractivity contribution in [1.29, 1.82) is 0 Å². The van der Waals surface area contributed by atoms with Gasteiger partial charge in [0.25, 0.3) is 11.5 Å². The van der Waals surface area contributed by atoms with Gasteiger partial charge in [0.2, 0.25) is 6.41 Å². The zero-order valence-electron chi connectivity index (χ0n) is 8.03. The fourth-order valence-electron chi connectivity index (χ4n) is 1.07. The second-order valence-electron chi connectivity index (χ2n) is 2.92. The van der Waals surface area contributed by atoms with E-state index in [2.05, 4.69) is 10.2 Å². The van der Waals surface area contributed by atoms with E-state index in [4.69, 9.17) is 5.73 Å². The minimum absolute atomic E-state index is 0.0594. The number of carbonyl (C=O) groups is 2. The third-order valence-corrected chi connectivity index (χ3v) is 1.82. The lowest BCUT2D eigenvalue weighted by molar-refractivity contribution is -0.116. The number of nitrogens with one attached hydrogen (secondary N) is 2. The molecule has 0 radical (unpaired) electrons. The van der Waals surface area contributed by atoms with E-state index < -0.39 is 11.5 Å². The van der Waals surface area contributed by atoms with E-state index in [1.807, 2.05) is 0 Å². The third-order valence-electron chi connectivity index (χ3n) is 1.82. The minimum atomic E-state index is -0.545. The summed E-state index contributed by atoms with van der Waals surface area (Å²) in [6.45, 7) is 0.632. The van der Waals surface area contributed by atoms with Crippen LogP contribution in [0.4, 0.5) is 0 Å². The van der Waals surface area contributed by atoms with Crippen LogP contribution < -0.4 is 11.3 Å². The molecule has 0 aromatic carbocycles. The monoisotopic (exact) mass is 212 g/mol. The predicted molar refractivity (Wildman–Crippen MR) is 52.2 cm³/mol. The van der Waals surface area contributed by atoms with Crippen LogP contribution in [-0.2, 0) is 4.79 Å². The Morgan fingerprint density at radius 1 is 1.53 bits per heavy atom. The van der Waals surface area contributed by atoms with Gasteiger partial charge in [0.15, 0.2) is 0 Å². The second kappa shape index (κ2) is 5.11. The third kappa shape index (κ3) is 2.78. The number of nitrogens with zero attached hydrogens (tertiary/aromatic N) is 1. The van der Waals surface area contributed by atoms with Gasteiger partial charge in [-0.15, -0.1) is 0 Å². The van der Waals surface area contributed by atoms with Crippen LogP contribution in [0.2, 0.25) is 0 Å². The summed E-state index contributed by atoms with van der Waals surface area (Å²) in [7, 11) is 0. The van der Waals surface area contributed by atoms with Gasteiger partial charge < -0.3 is 5.73 Å². The summed E-state index contributed by atoms with van der Waals surface area (Å²) in [5.74, 6) is -0.545. The van der Waals surface area contributed by atoms with Crippen molar-refractivity contribution >= 4 is 12.3 Å². The molecule has 0 atom stereocenters. The molecule has 0 aliphatic carbocycles. The van der Waals surface area contributed by atoms with Crippen molar-refractivity contribution in [2.75, 3.05) is 13.1 Å². The van der Waals surface area contributed by atoms with Crippen molar-refractivity contribution in [3.63, 3.8) is 0 Å². The normalized spacial score (nSPS) is 9.93. The van der Waals surface area contributed by atoms with E-state index in [1.165, 1.54) is 0 Å². The summed E-state index contributed by atoms with van der Waals surface area (Å²) in [4.78, 5) is 33.9. The molecule has 7 nitrogen and oxygen atoms in total. The Kier molecular flexibility index (Phi) is 3.81. The molecule has 1 rings (SSSR count). The summed E-state index contributed by atoms with van der Waals surface area (Å²) in [6, 6.07) is 1.10. The van der Waals surface area contributed by atoms with E-state index >= 15 is 0 Å². The first-order chi connectivity index (χ1) is 7.19. The van der Waals surface area contributed by atoms with Gasteiger partial charge in [-0.2, -0.15) is 0 Å². The lowest BCUT2D eigenvalue weighted by Crippen LogP contribution is -2.32. The maximum absolute atomic E-state index is 11.6. The van der Waals surface area contributed by atoms with Gasteiger partial charge in [-0.3, -0.25) is 29.5 Å². The van der Waals surface area contributed by atoms with Crippen molar-refractivity contribution in [2.45, 2.75) is 6.42 Å². The minimum Gasteiger partial charge on any atom is -0.330 e. The molecule has 2 amide bonds. The Bertz CT molecular complexity index is 395. The number of imide groups is 1. The second-order valence-corrected chi connectivity index (χ2v) is 2.92. The molecule has 0 spiro atoms. The van der Waals surface area contributed by atoms with Crippen LogP contribution in [0.1, 0.15) is 16.9 Å². The SMILES string of the molecule is NCCCN(C=O)C(=O)c1cc(=O)[nH][nH]1. The van der Waals surface area contributed by atoms with Gasteiger partial charge in [0, 0.05) is 12.6 Å². The van der Waals surface area contributed by atoms with E-state index in [1.54, 1.807) is 0 Å². The highest BCUT2D eigenvalue weighted by Gasteiger charge is 2.15. The standard InChI is InChI=1S/C8H12N4O3/c9-2-1-3-12(5-13)8(15)6-4-7(14)11-10-6/h4-5H,1-3,9H2,(H2,10,11,14). The van der Waals surface area contributed by atoms with Crippen LogP contribution in [0, 0.1) is 0 Å². The highest BCUT2D eigenvalue weighted by Crippen LogP contribution is 1.97. The topological polar surface area (TPSA) is 112 Å². The number of hydrogen-bond donors (Lipinski definition) is 3. The first-order valence-corrected chi connectivity index (χ1v) is 4.43. The maximum Gasteiger partial charge on any atom is 0.278 e. The number of aromatic amines is 2. The molecular weight excluding hydrogens is 200 g/mol. The Balaban J connectivity index is 2.72. The Labute approximate surface area is 85.2 Å². The van der Waals surface area contributed by atoms with Gasteiger partial charge in [-0.1, -0.05) is 0 Å². The number of aromatic nitrogens is 2. The van der Waals surface area contributed by atoms with Crippen molar-refractivity contribution in [1.82, 2.24) is 15.1 Å². The molecule has 0 fully saturated rings. The largest absolute Gasteiger partial charge is 0.330 e. The van der Waals surface area contributed by atoms with Crippen LogP contribution in [-0.4, -0.2) is 40.5 Å². The molecule has 4 N–H and O–H groups in total. The molecule has 0 bridgehead atoms. The zero-order chi connectivity index (χ0) is 11.3. The highest BCUT2D eigenvalue weighted by molar-refractivity contribution is 5.98. The summed E-state index contributed by atoms with van der Waals surface area (Å²) in [5, 5.41) is 4.59. The van der Waals surface area contributed by atoms with E-state index in [-0.39, 0.29) is 12.2 Å². The van der Waals surface area contributed by atoms with Crippen molar-refractivity contribution in [2.24, 2.45) is 5.73 Å². The Morgan fingerprint density at radius 3 is 2.73 bits per heavy atom. The first-order valence-electron chi connectivity index (χ1n) is 4.43. The fourth-order valence-corrected chi connectivity index (χ4v) is 1.07. The maximum atomic E-state index is 11.6. The number of nitrogens with two attached hydrogens (primary N) is 1. The Morgan fingerprint density at radius 2 is 2.27 bits per heavy atom. The molecule has 1 heterocycles. The van der Waals surface area contributed by atoms with Crippen molar-refractivity contribution in [3.8, 4) is 0 Å². The number of H-pyrrole nitrogens is 2. The van der Waals surface area contributed by atoms with Crippen molar-refractivity contribution < 1.29 is 9.59 Å². The smallest absolute Gasteiger partial charge is 0.278 e. The average Bonchev–Trinajstić information content (AvgIpc) is 2.65. The molecule has 0 aliphatic rings. The zero-order valence-corrected chi connectivity index (χ0v) is 8.03. The van der Waals surface area contributed by atoms with Crippen LogP contribution in [0.25, 0.3) is 0 Å². The average molecular weight is 212 g/mol. The number of carbonyl (C=O) groups excluding carboxylic acids is 2. The molecule has 7 heteroatoms. The highest BCUT2D eigenvalue weighted by atomic mass is 16.2. The van der Waals surface area contributed by atoms with Gasteiger partial charge >= 0.3 is 0 Å². The molecule has 15 heavy (non-hydrogen) atoms. The van der Waals surface area contributed by atoms with Crippen LogP contribution >= 0.6 is 0 Å². The molecule has 0 aliphatic heterocycles. The fraction of sp³-hybridized carbons (Fsp3) is 0.375. The molecule has 0 saturated heterocycles. The van der Waals surface area contributed by atoms with E-state index in [9.17, 15) is 14.4 Å². The molecule has 0 unspecified atom stereocenters. The summed E-state index contributed by atoms with van der Waals surface area (Å²) >= 11 is 0. The molecule has 0 saturated carbocycles. The summed E-state index contributed by atoms with van der Waals surface area (Å²) < 4.78 is 0. The van der Waals surface area contributed by atoms with Gasteiger partial charge in [-0.05, 0) is 13.0 Å². The molecule has 82 valence electrons. The van der Waals surface area contributed by atoms with Crippen LogP contribution in [0.15, 0.2) is 10.9 Å². The van der Waals surface area contributed by atoms with E-state index in [0.717, 1.165) is 11.0 Å². The van der Waals surface area contributed by atoms with Crippen molar-refractivity contribution in [3.05, 3.63) is 22.1 Å². The first kappa shape index (κ1) is 11.2. The number of amides is 2. The molecule has 1 aromatic rings. The molecule has 1 aromatic heterocycles. The summed E-state index contributed by atoms with van der Waals surface area (Å²) in [6.07, 6.45) is 0.947. The predicted octanol–water partition coefficient (Wildman–Crippen LogP) is -1.35.